The molecule has 12 heavy (non-hydrogen) atoms. The standard InChI is InChI=1S/C6H6.IO3.Na.H2O/c1-2-4-6-5-3-1;2-1(3)4;;/h1-6H;;;1H2/q;-1;+1;. The van der Waals surface area contributed by atoms with Crippen molar-refractivity contribution in [1.82, 2.24) is 0 Å². The Labute approximate surface area is 102 Å². The van der Waals surface area contributed by atoms with Crippen LogP contribution in [0.5, 0.6) is 0 Å². The summed E-state index contributed by atoms with van der Waals surface area (Å²) < 4.78 is 25.7. The Balaban J connectivity index is -0.000000124. The summed E-state index contributed by atoms with van der Waals surface area (Å²) in [4.78, 5) is 0. The van der Waals surface area contributed by atoms with Gasteiger partial charge in [0.15, 0.2) is 0 Å². The van der Waals surface area contributed by atoms with E-state index < -0.39 is 21.1 Å². The fraction of sp³-hybridized carbons (Fsp3) is 0. The van der Waals surface area contributed by atoms with Gasteiger partial charge in [0.1, 0.15) is 0 Å². The summed E-state index contributed by atoms with van der Waals surface area (Å²) in [5, 5.41) is 0. The maximum atomic E-state index is 8.57. The average Bonchev–Trinajstić information content (AvgIpc) is 1.90. The number of hydrogen-bond donors (Lipinski definition) is 0. The maximum Gasteiger partial charge on any atom is 1.00 e. The SMILES string of the molecule is O.[Na+].[O-][I+2]([O-])[O-].c1ccccc1. The Bertz CT molecular complexity index is 120. The Hall–Kier alpha value is 0.790. The van der Waals surface area contributed by atoms with Crippen molar-refractivity contribution < 1.29 is 66.4 Å². The van der Waals surface area contributed by atoms with Crippen molar-refractivity contribution in [2.75, 3.05) is 0 Å². The molecule has 4 nitrogen and oxygen atoms in total. The van der Waals surface area contributed by atoms with Crippen LogP contribution in [0.25, 0.3) is 0 Å². The monoisotopic (exact) mass is 294 g/mol. The number of hydrogen-bond acceptors (Lipinski definition) is 3. The number of benzene rings is 1. The van der Waals surface area contributed by atoms with Crippen LogP contribution >= 0.6 is 0 Å². The van der Waals surface area contributed by atoms with Crippen LogP contribution in [0.1, 0.15) is 0 Å². The number of rotatable bonds is 0. The third kappa shape index (κ3) is 22.4. The first-order valence-electron chi connectivity index (χ1n) is 2.46. The van der Waals surface area contributed by atoms with Gasteiger partial charge in [-0.15, -0.1) is 0 Å². The zero-order valence-corrected chi connectivity index (χ0v) is 10.7. The molecule has 0 unspecified atom stereocenters. The quantitative estimate of drug-likeness (QED) is 0.351. The topological polar surface area (TPSA) is 101 Å². The van der Waals surface area contributed by atoms with Crippen LogP contribution in [0.3, 0.4) is 0 Å². The van der Waals surface area contributed by atoms with E-state index in [1.54, 1.807) is 0 Å². The molecule has 0 atom stereocenters. The second-order valence-corrected chi connectivity index (χ2v) is 2.42. The second-order valence-electron chi connectivity index (χ2n) is 1.34. The summed E-state index contributed by atoms with van der Waals surface area (Å²) in [5.74, 6) is 0. The molecule has 0 aliphatic rings. The zero-order chi connectivity index (χ0) is 7.82. The van der Waals surface area contributed by atoms with E-state index in [0.717, 1.165) is 0 Å². The van der Waals surface area contributed by atoms with Gasteiger partial charge in [-0.3, -0.25) is 0 Å². The van der Waals surface area contributed by atoms with Crippen molar-refractivity contribution in [2.24, 2.45) is 0 Å². The minimum absolute atomic E-state index is 0. The first-order valence-corrected chi connectivity index (χ1v) is 5.11. The molecule has 0 spiro atoms. The molecule has 1 aromatic rings. The first kappa shape index (κ1) is 18.5. The molecular weight excluding hydrogens is 286 g/mol. The predicted molar refractivity (Wildman–Crippen MR) is 30.1 cm³/mol. The van der Waals surface area contributed by atoms with Gasteiger partial charge in [0.2, 0.25) is 0 Å². The largest absolute Gasteiger partial charge is 1.00 e. The van der Waals surface area contributed by atoms with Crippen LogP contribution in [-0.2, 0) is 0 Å². The van der Waals surface area contributed by atoms with E-state index in [9.17, 15) is 0 Å². The van der Waals surface area contributed by atoms with Gasteiger partial charge < -0.3 is 15.8 Å². The van der Waals surface area contributed by atoms with Gasteiger partial charge in [-0.2, -0.15) is 0 Å². The van der Waals surface area contributed by atoms with E-state index in [2.05, 4.69) is 0 Å². The van der Waals surface area contributed by atoms with Gasteiger partial charge in [-0.25, -0.2) is 0 Å². The van der Waals surface area contributed by atoms with Gasteiger partial charge in [0.25, 0.3) is 21.1 Å². The van der Waals surface area contributed by atoms with E-state index in [-0.39, 0.29) is 35.0 Å². The van der Waals surface area contributed by atoms with Crippen LogP contribution in [0.4, 0.5) is 0 Å². The Morgan fingerprint density at radius 2 is 0.750 bits per heavy atom. The van der Waals surface area contributed by atoms with Gasteiger partial charge in [0.05, 0.1) is 0 Å². The van der Waals surface area contributed by atoms with Crippen molar-refractivity contribution in [1.29, 1.82) is 0 Å². The van der Waals surface area contributed by atoms with Crippen molar-refractivity contribution >= 4 is 0 Å². The van der Waals surface area contributed by atoms with Crippen molar-refractivity contribution in [3.05, 3.63) is 36.4 Å². The summed E-state index contributed by atoms with van der Waals surface area (Å²) in [5.41, 5.74) is 0. The molecule has 0 fully saturated rings. The molecule has 0 amide bonds. The molecule has 1 aromatic carbocycles. The molecule has 1 rings (SSSR count). The van der Waals surface area contributed by atoms with Crippen molar-refractivity contribution in [3.63, 3.8) is 0 Å². The van der Waals surface area contributed by atoms with Gasteiger partial charge >= 0.3 is 29.6 Å². The molecular formula is C6H8INaO4. The molecule has 0 saturated carbocycles. The Morgan fingerprint density at radius 3 is 0.833 bits per heavy atom. The van der Waals surface area contributed by atoms with Crippen molar-refractivity contribution in [2.45, 2.75) is 0 Å². The maximum absolute atomic E-state index is 8.57. The first-order chi connectivity index (χ1) is 4.73. The Kier molecular flexibility index (Phi) is 22.1. The predicted octanol–water partition coefficient (Wildman–Crippen LogP) is -8.70. The molecule has 0 bridgehead atoms. The molecule has 6 heteroatoms. The van der Waals surface area contributed by atoms with E-state index in [0.29, 0.717) is 0 Å². The van der Waals surface area contributed by atoms with Crippen LogP contribution in [0.15, 0.2) is 36.4 Å². The van der Waals surface area contributed by atoms with Gasteiger partial charge in [-0.1, -0.05) is 36.4 Å². The molecule has 0 aromatic heterocycles. The minimum atomic E-state index is -4.01. The van der Waals surface area contributed by atoms with Crippen LogP contribution in [-0.4, -0.2) is 5.48 Å². The summed E-state index contributed by atoms with van der Waals surface area (Å²) in [7, 11) is 0. The number of halogens is 1. The molecule has 0 heterocycles. The average molecular weight is 294 g/mol. The molecule has 64 valence electrons. The zero-order valence-electron chi connectivity index (χ0n) is 6.57. The summed E-state index contributed by atoms with van der Waals surface area (Å²) >= 11 is -4.01. The molecule has 2 N–H and O–H groups in total. The summed E-state index contributed by atoms with van der Waals surface area (Å²) in [6, 6.07) is 12.0. The third-order valence-electron chi connectivity index (χ3n) is 0.667. The van der Waals surface area contributed by atoms with E-state index in [1.807, 2.05) is 36.4 Å². The fourth-order valence-corrected chi connectivity index (χ4v) is 0.385. The normalized spacial score (nSPS) is 7.00. The van der Waals surface area contributed by atoms with Crippen LogP contribution < -0.4 is 60.9 Å². The third-order valence-corrected chi connectivity index (χ3v) is 0.667. The van der Waals surface area contributed by atoms with Crippen molar-refractivity contribution in [3.8, 4) is 0 Å². The summed E-state index contributed by atoms with van der Waals surface area (Å²) in [6.45, 7) is 0. The van der Waals surface area contributed by atoms with E-state index >= 15 is 0 Å². The summed E-state index contributed by atoms with van der Waals surface area (Å²) in [6.07, 6.45) is 0. The van der Waals surface area contributed by atoms with Gasteiger partial charge in [0, 0.05) is 0 Å². The van der Waals surface area contributed by atoms with E-state index in [4.69, 9.17) is 10.3 Å². The smallest absolute Gasteiger partial charge is 0.427 e. The van der Waals surface area contributed by atoms with Crippen LogP contribution in [0, 0.1) is 0 Å². The van der Waals surface area contributed by atoms with Gasteiger partial charge in [-0.05, 0) is 0 Å². The molecule has 0 saturated heterocycles. The minimum Gasteiger partial charge on any atom is -0.427 e. The Morgan fingerprint density at radius 1 is 0.667 bits per heavy atom. The molecule has 0 radical (unpaired) electrons. The molecule has 0 aliphatic heterocycles. The van der Waals surface area contributed by atoms with Crippen LogP contribution in [0.2, 0.25) is 0 Å². The fourth-order valence-electron chi connectivity index (χ4n) is 0.385. The second kappa shape index (κ2) is 14.3. The van der Waals surface area contributed by atoms with E-state index in [1.165, 1.54) is 0 Å². The molecule has 0 aliphatic carbocycles.